The van der Waals surface area contributed by atoms with E-state index in [0.717, 1.165) is 30.2 Å². The first kappa shape index (κ1) is 17.6. The Hall–Kier alpha value is -1.71. The molecule has 0 aliphatic heterocycles. The first-order valence-corrected chi connectivity index (χ1v) is 8.80. The second kappa shape index (κ2) is 8.23. The van der Waals surface area contributed by atoms with E-state index in [4.69, 9.17) is 4.74 Å². The molecule has 0 radical (unpaired) electrons. The molecule has 23 heavy (non-hydrogen) atoms. The van der Waals surface area contributed by atoms with Gasteiger partial charge in [0.15, 0.2) is 0 Å². The van der Waals surface area contributed by atoms with E-state index in [1.807, 2.05) is 50.1 Å². The molecule has 1 aliphatic rings. The summed E-state index contributed by atoms with van der Waals surface area (Å²) in [6.45, 7) is 6.22. The maximum absolute atomic E-state index is 12.6. The number of ether oxygens (including phenoxy) is 1. The first-order valence-electron chi connectivity index (χ1n) is 8.80. The molecule has 0 unspecified atom stereocenters. The fourth-order valence-corrected chi connectivity index (χ4v) is 3.24. The lowest BCUT2D eigenvalue weighted by molar-refractivity contribution is 0.170. The zero-order chi connectivity index (χ0) is 16.8. The van der Waals surface area contributed by atoms with E-state index < -0.39 is 0 Å². The molecule has 2 rings (SSSR count). The Morgan fingerprint density at radius 2 is 1.91 bits per heavy atom. The molecule has 1 N–H and O–H groups in total. The van der Waals surface area contributed by atoms with Gasteiger partial charge in [-0.1, -0.05) is 25.5 Å². The average Bonchev–Trinajstić information content (AvgIpc) is 2.55. The monoisotopic (exact) mass is 318 g/mol. The lowest BCUT2D eigenvalue weighted by atomic mass is 9.84. The molecule has 4 nitrogen and oxygen atoms in total. The van der Waals surface area contributed by atoms with Gasteiger partial charge in [-0.05, 0) is 57.6 Å². The SMILES string of the molecule is CCC1CCC(N(C)C(=O)Nc2ccccc2OC(C)C)CC1. The summed E-state index contributed by atoms with van der Waals surface area (Å²) in [6, 6.07) is 7.90. The number of hydrogen-bond acceptors (Lipinski definition) is 2. The molecular weight excluding hydrogens is 288 g/mol. The standard InChI is InChI=1S/C19H30N2O2/c1-5-15-10-12-16(13-11-15)21(4)19(22)20-17-8-6-7-9-18(17)23-14(2)3/h6-9,14-16H,5,10-13H2,1-4H3,(H,20,22). The summed E-state index contributed by atoms with van der Waals surface area (Å²) in [6.07, 6.45) is 5.99. The third-order valence-corrected chi connectivity index (χ3v) is 4.75. The highest BCUT2D eigenvalue weighted by Crippen LogP contribution is 2.30. The fourth-order valence-electron chi connectivity index (χ4n) is 3.24. The molecule has 1 aliphatic carbocycles. The third kappa shape index (κ3) is 4.88. The van der Waals surface area contributed by atoms with Gasteiger partial charge in [0.1, 0.15) is 5.75 Å². The highest BCUT2D eigenvalue weighted by atomic mass is 16.5. The molecule has 0 aromatic heterocycles. The van der Waals surface area contributed by atoms with Crippen molar-refractivity contribution in [1.82, 2.24) is 4.90 Å². The molecule has 0 heterocycles. The van der Waals surface area contributed by atoms with E-state index in [2.05, 4.69) is 12.2 Å². The van der Waals surface area contributed by atoms with E-state index in [1.165, 1.54) is 19.3 Å². The van der Waals surface area contributed by atoms with Gasteiger partial charge in [-0.2, -0.15) is 0 Å². The number of carbonyl (C=O) groups excluding carboxylic acids is 1. The second-order valence-electron chi connectivity index (χ2n) is 6.79. The summed E-state index contributed by atoms with van der Waals surface area (Å²) in [5.74, 6) is 1.56. The summed E-state index contributed by atoms with van der Waals surface area (Å²) in [5.41, 5.74) is 0.736. The van der Waals surface area contributed by atoms with E-state index in [-0.39, 0.29) is 12.1 Å². The number of benzene rings is 1. The van der Waals surface area contributed by atoms with Gasteiger partial charge in [0.2, 0.25) is 0 Å². The molecule has 1 fully saturated rings. The number of nitrogens with zero attached hydrogens (tertiary/aromatic N) is 1. The highest BCUT2D eigenvalue weighted by Gasteiger charge is 2.26. The number of rotatable bonds is 5. The molecule has 2 amide bonds. The average molecular weight is 318 g/mol. The molecule has 1 saturated carbocycles. The largest absolute Gasteiger partial charge is 0.489 e. The minimum Gasteiger partial charge on any atom is -0.489 e. The Labute approximate surface area is 140 Å². The number of urea groups is 1. The second-order valence-corrected chi connectivity index (χ2v) is 6.79. The van der Waals surface area contributed by atoms with Crippen LogP contribution in [0.4, 0.5) is 10.5 Å². The Bertz CT molecular complexity index is 508. The lowest BCUT2D eigenvalue weighted by Gasteiger charge is -2.34. The minimum atomic E-state index is -0.0512. The van der Waals surface area contributed by atoms with Gasteiger partial charge in [-0.15, -0.1) is 0 Å². The van der Waals surface area contributed by atoms with Crippen LogP contribution >= 0.6 is 0 Å². The first-order chi connectivity index (χ1) is 11.0. The van der Waals surface area contributed by atoms with Crippen molar-refractivity contribution in [3.8, 4) is 5.75 Å². The van der Waals surface area contributed by atoms with Crippen LogP contribution in [0.5, 0.6) is 5.75 Å². The number of carbonyl (C=O) groups is 1. The number of para-hydroxylation sites is 2. The minimum absolute atomic E-state index is 0.0512. The van der Waals surface area contributed by atoms with Crippen molar-refractivity contribution in [2.24, 2.45) is 5.92 Å². The maximum Gasteiger partial charge on any atom is 0.321 e. The number of amides is 2. The van der Waals surface area contributed by atoms with E-state index in [1.54, 1.807) is 0 Å². The van der Waals surface area contributed by atoms with Crippen molar-refractivity contribution in [1.29, 1.82) is 0 Å². The predicted molar refractivity (Wildman–Crippen MR) is 95.0 cm³/mol. The normalized spacial score (nSPS) is 21.1. The van der Waals surface area contributed by atoms with Gasteiger partial charge >= 0.3 is 6.03 Å². The molecular formula is C19H30N2O2. The lowest BCUT2D eigenvalue weighted by Crippen LogP contribution is -2.41. The van der Waals surface area contributed by atoms with Gasteiger partial charge in [0.25, 0.3) is 0 Å². The third-order valence-electron chi connectivity index (χ3n) is 4.75. The molecule has 0 spiro atoms. The molecule has 0 bridgehead atoms. The highest BCUT2D eigenvalue weighted by molar-refractivity contribution is 5.91. The molecule has 128 valence electrons. The van der Waals surface area contributed by atoms with E-state index >= 15 is 0 Å². The van der Waals surface area contributed by atoms with Crippen molar-refractivity contribution >= 4 is 11.7 Å². The predicted octanol–water partition coefficient (Wildman–Crippen LogP) is 4.91. The summed E-state index contributed by atoms with van der Waals surface area (Å²) in [4.78, 5) is 14.4. The summed E-state index contributed by atoms with van der Waals surface area (Å²) in [7, 11) is 1.90. The number of nitrogens with one attached hydrogen (secondary N) is 1. The fraction of sp³-hybridized carbons (Fsp3) is 0.632. The number of anilines is 1. The zero-order valence-corrected chi connectivity index (χ0v) is 14.8. The van der Waals surface area contributed by atoms with Crippen molar-refractivity contribution in [2.75, 3.05) is 12.4 Å². The summed E-state index contributed by atoms with van der Waals surface area (Å²) in [5, 5.41) is 3.00. The van der Waals surface area contributed by atoms with Crippen LogP contribution in [0.1, 0.15) is 52.9 Å². The molecule has 0 saturated heterocycles. The van der Waals surface area contributed by atoms with Crippen LogP contribution in [-0.2, 0) is 0 Å². The molecule has 0 atom stereocenters. The van der Waals surface area contributed by atoms with Crippen LogP contribution in [0.15, 0.2) is 24.3 Å². The van der Waals surface area contributed by atoms with Crippen LogP contribution in [0.3, 0.4) is 0 Å². The Morgan fingerprint density at radius 3 is 2.52 bits per heavy atom. The van der Waals surface area contributed by atoms with Crippen LogP contribution in [0.2, 0.25) is 0 Å². The zero-order valence-electron chi connectivity index (χ0n) is 14.8. The van der Waals surface area contributed by atoms with Gasteiger partial charge in [-0.3, -0.25) is 0 Å². The number of hydrogen-bond donors (Lipinski definition) is 1. The molecule has 1 aromatic carbocycles. The molecule has 1 aromatic rings. The smallest absolute Gasteiger partial charge is 0.321 e. The Balaban J connectivity index is 1.96. The van der Waals surface area contributed by atoms with Gasteiger partial charge < -0.3 is 15.0 Å². The van der Waals surface area contributed by atoms with Gasteiger partial charge in [0.05, 0.1) is 11.8 Å². The van der Waals surface area contributed by atoms with Crippen LogP contribution < -0.4 is 10.1 Å². The quantitative estimate of drug-likeness (QED) is 0.838. The van der Waals surface area contributed by atoms with Crippen molar-refractivity contribution in [2.45, 2.75) is 65.0 Å². The van der Waals surface area contributed by atoms with Crippen molar-refractivity contribution in [3.63, 3.8) is 0 Å². The Kier molecular flexibility index (Phi) is 6.31. The van der Waals surface area contributed by atoms with E-state index in [0.29, 0.717) is 6.04 Å². The van der Waals surface area contributed by atoms with Crippen LogP contribution in [0.25, 0.3) is 0 Å². The van der Waals surface area contributed by atoms with Crippen LogP contribution in [0, 0.1) is 5.92 Å². The van der Waals surface area contributed by atoms with Gasteiger partial charge in [0, 0.05) is 13.1 Å². The van der Waals surface area contributed by atoms with Crippen molar-refractivity contribution in [3.05, 3.63) is 24.3 Å². The van der Waals surface area contributed by atoms with Crippen LogP contribution in [-0.4, -0.2) is 30.1 Å². The van der Waals surface area contributed by atoms with Gasteiger partial charge in [-0.25, -0.2) is 4.79 Å². The van der Waals surface area contributed by atoms with E-state index in [9.17, 15) is 4.79 Å². The maximum atomic E-state index is 12.6. The summed E-state index contributed by atoms with van der Waals surface area (Å²) < 4.78 is 5.77. The topological polar surface area (TPSA) is 41.6 Å². The Morgan fingerprint density at radius 1 is 1.26 bits per heavy atom. The van der Waals surface area contributed by atoms with Crippen molar-refractivity contribution < 1.29 is 9.53 Å². The molecule has 4 heteroatoms. The summed E-state index contributed by atoms with van der Waals surface area (Å²) >= 11 is 0.